The van der Waals surface area contributed by atoms with E-state index in [2.05, 4.69) is 15.9 Å². The molecule has 0 aliphatic heterocycles. The van der Waals surface area contributed by atoms with Crippen LogP contribution in [-0.4, -0.2) is 30.1 Å². The van der Waals surface area contributed by atoms with Crippen molar-refractivity contribution in [3.63, 3.8) is 0 Å². The number of hydrogen-bond donors (Lipinski definition) is 0. The standard InChI is InChI=1S/C9H15N3OS/c1-7(2)5-12(3)9-10-8(6-13-4)11-14-9/h1,5-6H2,2-4H3. The van der Waals surface area contributed by atoms with Crippen LogP contribution in [0.1, 0.15) is 12.7 Å². The number of rotatable bonds is 5. The Morgan fingerprint density at radius 1 is 1.64 bits per heavy atom. The first kappa shape index (κ1) is 11.1. The van der Waals surface area contributed by atoms with Crippen LogP contribution in [0.3, 0.4) is 0 Å². The van der Waals surface area contributed by atoms with Gasteiger partial charge in [0.15, 0.2) is 5.82 Å². The van der Waals surface area contributed by atoms with E-state index in [1.54, 1.807) is 7.11 Å². The smallest absolute Gasteiger partial charge is 0.205 e. The summed E-state index contributed by atoms with van der Waals surface area (Å²) < 4.78 is 9.12. The minimum atomic E-state index is 0.470. The lowest BCUT2D eigenvalue weighted by Crippen LogP contribution is -2.18. The molecule has 0 aliphatic rings. The molecule has 1 heterocycles. The summed E-state index contributed by atoms with van der Waals surface area (Å²) in [5.74, 6) is 0.737. The highest BCUT2D eigenvalue weighted by atomic mass is 32.1. The largest absolute Gasteiger partial charge is 0.377 e. The van der Waals surface area contributed by atoms with E-state index in [9.17, 15) is 0 Å². The van der Waals surface area contributed by atoms with E-state index in [0.29, 0.717) is 6.61 Å². The first-order valence-electron chi connectivity index (χ1n) is 4.30. The summed E-state index contributed by atoms with van der Waals surface area (Å²) in [4.78, 5) is 6.35. The number of ether oxygens (including phenoxy) is 1. The molecular weight excluding hydrogens is 198 g/mol. The minimum Gasteiger partial charge on any atom is -0.377 e. The SMILES string of the molecule is C=C(C)CN(C)c1nc(COC)ns1. The fourth-order valence-electron chi connectivity index (χ4n) is 1.06. The van der Waals surface area contributed by atoms with Crippen molar-refractivity contribution in [2.45, 2.75) is 13.5 Å². The molecule has 1 aromatic heterocycles. The zero-order valence-electron chi connectivity index (χ0n) is 8.78. The maximum Gasteiger partial charge on any atom is 0.205 e. The van der Waals surface area contributed by atoms with Gasteiger partial charge in [-0.3, -0.25) is 0 Å². The van der Waals surface area contributed by atoms with Crippen LogP contribution in [0.5, 0.6) is 0 Å². The molecule has 5 heteroatoms. The van der Waals surface area contributed by atoms with E-state index in [4.69, 9.17) is 4.74 Å². The normalized spacial score (nSPS) is 10.2. The number of methoxy groups -OCH3 is 1. The zero-order valence-corrected chi connectivity index (χ0v) is 9.60. The zero-order chi connectivity index (χ0) is 10.6. The average Bonchev–Trinajstić information content (AvgIpc) is 2.52. The number of likely N-dealkylation sites (N-methyl/N-ethyl adjacent to an activating group) is 1. The van der Waals surface area contributed by atoms with Crippen molar-refractivity contribution in [2.75, 3.05) is 25.6 Å². The van der Waals surface area contributed by atoms with Crippen molar-refractivity contribution in [1.82, 2.24) is 9.36 Å². The molecule has 0 saturated heterocycles. The summed E-state index contributed by atoms with van der Waals surface area (Å²) in [6, 6.07) is 0. The maximum absolute atomic E-state index is 4.95. The highest BCUT2D eigenvalue weighted by Crippen LogP contribution is 2.16. The summed E-state index contributed by atoms with van der Waals surface area (Å²) in [6.45, 7) is 7.12. The number of nitrogens with zero attached hydrogens (tertiary/aromatic N) is 3. The van der Waals surface area contributed by atoms with Crippen molar-refractivity contribution >= 4 is 16.7 Å². The van der Waals surface area contributed by atoms with Gasteiger partial charge in [-0.05, 0) is 6.92 Å². The predicted molar refractivity (Wildman–Crippen MR) is 58.7 cm³/mol. The molecule has 0 aromatic carbocycles. The van der Waals surface area contributed by atoms with Crippen LogP contribution in [0.2, 0.25) is 0 Å². The van der Waals surface area contributed by atoms with Crippen molar-refractivity contribution in [3.05, 3.63) is 18.0 Å². The lowest BCUT2D eigenvalue weighted by molar-refractivity contribution is 0.179. The Bertz CT molecular complexity index is 311. The van der Waals surface area contributed by atoms with Gasteiger partial charge in [0.2, 0.25) is 5.13 Å². The van der Waals surface area contributed by atoms with Crippen molar-refractivity contribution < 1.29 is 4.74 Å². The van der Waals surface area contributed by atoms with Gasteiger partial charge in [-0.15, -0.1) is 0 Å². The van der Waals surface area contributed by atoms with E-state index in [1.165, 1.54) is 11.5 Å². The third-order valence-corrected chi connectivity index (χ3v) is 2.43. The highest BCUT2D eigenvalue weighted by molar-refractivity contribution is 7.09. The second-order valence-corrected chi connectivity index (χ2v) is 3.97. The Kier molecular flexibility index (Phi) is 4.03. The number of hydrogen-bond acceptors (Lipinski definition) is 5. The molecule has 14 heavy (non-hydrogen) atoms. The van der Waals surface area contributed by atoms with Crippen molar-refractivity contribution in [2.24, 2.45) is 0 Å². The topological polar surface area (TPSA) is 38.2 Å². The summed E-state index contributed by atoms with van der Waals surface area (Å²) in [7, 11) is 3.62. The third kappa shape index (κ3) is 3.08. The molecule has 1 aromatic rings. The van der Waals surface area contributed by atoms with Crippen LogP contribution in [-0.2, 0) is 11.3 Å². The van der Waals surface area contributed by atoms with Gasteiger partial charge in [0.1, 0.15) is 6.61 Å². The van der Waals surface area contributed by atoms with Gasteiger partial charge >= 0.3 is 0 Å². The van der Waals surface area contributed by atoms with Crippen LogP contribution < -0.4 is 4.90 Å². The minimum absolute atomic E-state index is 0.470. The predicted octanol–water partition coefficient (Wildman–Crippen LogP) is 1.70. The molecule has 0 amide bonds. The van der Waals surface area contributed by atoms with E-state index in [-0.39, 0.29) is 0 Å². The van der Waals surface area contributed by atoms with Gasteiger partial charge < -0.3 is 9.64 Å². The molecule has 0 saturated carbocycles. The van der Waals surface area contributed by atoms with Gasteiger partial charge in [0.25, 0.3) is 0 Å². The van der Waals surface area contributed by atoms with Crippen LogP contribution in [0.25, 0.3) is 0 Å². The molecule has 0 unspecified atom stereocenters. The van der Waals surface area contributed by atoms with Gasteiger partial charge in [-0.25, -0.2) is 4.98 Å². The van der Waals surface area contributed by atoms with E-state index < -0.39 is 0 Å². The molecule has 0 N–H and O–H groups in total. The second-order valence-electron chi connectivity index (χ2n) is 3.24. The third-order valence-electron chi connectivity index (χ3n) is 1.56. The summed E-state index contributed by atoms with van der Waals surface area (Å²) in [6.07, 6.45) is 0. The molecular formula is C9H15N3OS. The molecule has 0 radical (unpaired) electrons. The molecule has 1 rings (SSSR count). The Labute approximate surface area is 88.4 Å². The Balaban J connectivity index is 2.61. The van der Waals surface area contributed by atoms with Gasteiger partial charge in [0.05, 0.1) is 0 Å². The maximum atomic E-state index is 4.95. The van der Waals surface area contributed by atoms with Crippen LogP contribution in [0.15, 0.2) is 12.2 Å². The first-order chi connectivity index (χ1) is 6.63. The Morgan fingerprint density at radius 3 is 2.93 bits per heavy atom. The Morgan fingerprint density at radius 2 is 2.36 bits per heavy atom. The number of anilines is 1. The highest BCUT2D eigenvalue weighted by Gasteiger charge is 2.07. The Hall–Kier alpha value is -0.940. The van der Waals surface area contributed by atoms with Crippen LogP contribution in [0, 0.1) is 0 Å². The number of aromatic nitrogens is 2. The molecule has 4 nitrogen and oxygen atoms in total. The fourth-order valence-corrected chi connectivity index (χ4v) is 1.69. The van der Waals surface area contributed by atoms with Gasteiger partial charge in [0, 0.05) is 32.2 Å². The van der Waals surface area contributed by atoms with Crippen molar-refractivity contribution in [1.29, 1.82) is 0 Å². The molecule has 0 fully saturated rings. The summed E-state index contributed by atoms with van der Waals surface area (Å²) in [5, 5.41) is 0.903. The fraction of sp³-hybridized carbons (Fsp3) is 0.556. The van der Waals surface area contributed by atoms with Crippen LogP contribution >= 0.6 is 11.5 Å². The quantitative estimate of drug-likeness (QED) is 0.698. The van der Waals surface area contributed by atoms with Gasteiger partial charge in [-0.1, -0.05) is 12.2 Å². The van der Waals surface area contributed by atoms with Crippen LogP contribution in [0.4, 0.5) is 5.13 Å². The summed E-state index contributed by atoms with van der Waals surface area (Å²) in [5.41, 5.74) is 1.11. The lowest BCUT2D eigenvalue weighted by atomic mass is 10.3. The monoisotopic (exact) mass is 213 g/mol. The van der Waals surface area contributed by atoms with Crippen molar-refractivity contribution in [3.8, 4) is 0 Å². The average molecular weight is 213 g/mol. The summed E-state index contributed by atoms with van der Waals surface area (Å²) >= 11 is 1.38. The molecule has 0 spiro atoms. The van der Waals surface area contributed by atoms with E-state index in [1.807, 2.05) is 18.9 Å². The molecule has 0 atom stereocenters. The molecule has 0 bridgehead atoms. The molecule has 78 valence electrons. The molecule has 0 aliphatic carbocycles. The first-order valence-corrected chi connectivity index (χ1v) is 5.08. The lowest BCUT2D eigenvalue weighted by Gasteiger charge is -2.14. The second kappa shape index (κ2) is 5.07. The van der Waals surface area contributed by atoms with E-state index >= 15 is 0 Å². The van der Waals surface area contributed by atoms with Gasteiger partial charge in [-0.2, -0.15) is 4.37 Å². The van der Waals surface area contributed by atoms with E-state index in [0.717, 1.165) is 23.1 Å².